The molecule has 2 rings (SSSR count). The second-order valence-corrected chi connectivity index (χ2v) is 6.54. The molecule has 0 amide bonds. The van der Waals surface area contributed by atoms with Gasteiger partial charge in [-0.25, -0.2) is 16.8 Å². The van der Waals surface area contributed by atoms with Crippen molar-refractivity contribution in [2.45, 2.75) is 9.79 Å². The maximum atomic E-state index is 10.3. The summed E-state index contributed by atoms with van der Waals surface area (Å²) in [6, 6.07) is 9.99. The minimum Gasteiger partial charge on any atom is -0.744 e. The summed E-state index contributed by atoms with van der Waals surface area (Å²) in [6.07, 6.45) is 0. The van der Waals surface area contributed by atoms with Gasteiger partial charge >= 0.3 is 48.9 Å². The summed E-state index contributed by atoms with van der Waals surface area (Å²) in [6.45, 7) is 0. The van der Waals surface area contributed by atoms with Gasteiger partial charge in [0.2, 0.25) is 0 Å². The molecule has 23 heavy (non-hydrogen) atoms. The Kier molecular flexibility index (Phi) is 8.83. The summed E-state index contributed by atoms with van der Waals surface area (Å²) in [5.74, 6) is -1.02. The number of para-hydroxylation sites is 2. The molecule has 2 aromatic rings. The summed E-state index contributed by atoms with van der Waals surface area (Å²) in [5.41, 5.74) is 0. The molecule has 0 aliphatic carbocycles. The van der Waals surface area contributed by atoms with Crippen LogP contribution in [0.3, 0.4) is 0 Å². The van der Waals surface area contributed by atoms with E-state index >= 15 is 0 Å². The van der Waals surface area contributed by atoms with Gasteiger partial charge in [-0.3, -0.25) is 0 Å². The van der Waals surface area contributed by atoms with Crippen LogP contribution < -0.4 is 0 Å². The molecule has 0 heterocycles. The Hall–Kier alpha value is -0.569. The fourth-order valence-corrected chi connectivity index (χ4v) is 2.48. The number of phenolic OH excluding ortho intramolecular Hbond substituents is 2. The third-order valence-electron chi connectivity index (χ3n) is 2.27. The van der Waals surface area contributed by atoms with E-state index in [1.165, 1.54) is 24.3 Å². The van der Waals surface area contributed by atoms with Crippen molar-refractivity contribution in [2.75, 3.05) is 0 Å². The Morgan fingerprint density at radius 1 is 0.652 bits per heavy atom. The number of rotatable bonds is 2. The molecule has 0 bridgehead atoms. The first-order valence-corrected chi connectivity index (χ1v) is 8.33. The third kappa shape index (κ3) is 7.24. The van der Waals surface area contributed by atoms with Crippen LogP contribution in [0, 0.1) is 0 Å². The number of benzene rings is 2. The first-order valence-electron chi connectivity index (χ1n) is 5.51. The molecule has 0 aliphatic heterocycles. The average Bonchev–Trinajstić information content (AvgIpc) is 2.37. The fraction of sp³-hybridized carbons (Fsp3) is 0. The SMILES string of the molecule is O=S(=O)([O-])c1ccccc1O.O=S(=O)([O-])c1ccccc1O.[Ba+2]. The van der Waals surface area contributed by atoms with Gasteiger partial charge in [0.1, 0.15) is 31.7 Å². The summed E-state index contributed by atoms with van der Waals surface area (Å²) in [4.78, 5) is -1.17. The average molecular weight is 484 g/mol. The Balaban J connectivity index is 0.000000403. The summed E-state index contributed by atoms with van der Waals surface area (Å²) in [7, 11) is -9.07. The van der Waals surface area contributed by atoms with Crippen LogP contribution in [0.15, 0.2) is 58.3 Å². The van der Waals surface area contributed by atoms with E-state index < -0.39 is 41.5 Å². The van der Waals surface area contributed by atoms with E-state index in [-0.39, 0.29) is 48.9 Å². The van der Waals surface area contributed by atoms with Crippen LogP contribution in [0.2, 0.25) is 0 Å². The molecular weight excluding hydrogens is 474 g/mol. The molecule has 0 saturated carbocycles. The Bertz CT molecular complexity index is 789. The van der Waals surface area contributed by atoms with Crippen molar-refractivity contribution >= 4 is 69.1 Å². The molecule has 0 spiro atoms. The van der Waals surface area contributed by atoms with Crippen molar-refractivity contribution < 1.29 is 36.2 Å². The van der Waals surface area contributed by atoms with Crippen LogP contribution in [-0.2, 0) is 20.2 Å². The topological polar surface area (TPSA) is 155 Å². The Morgan fingerprint density at radius 2 is 0.913 bits per heavy atom. The van der Waals surface area contributed by atoms with E-state index in [1.807, 2.05) is 0 Å². The van der Waals surface area contributed by atoms with Crippen LogP contribution >= 0.6 is 0 Å². The summed E-state index contributed by atoms with van der Waals surface area (Å²) in [5, 5.41) is 17.7. The van der Waals surface area contributed by atoms with E-state index in [0.717, 1.165) is 24.3 Å². The predicted octanol–water partition coefficient (Wildman–Crippen LogP) is 0.212. The molecule has 0 aliphatic rings. The molecule has 120 valence electrons. The van der Waals surface area contributed by atoms with E-state index in [9.17, 15) is 25.9 Å². The van der Waals surface area contributed by atoms with Crippen LogP contribution in [-0.4, -0.2) is 85.0 Å². The monoisotopic (exact) mass is 484 g/mol. The molecule has 0 saturated heterocycles. The fourth-order valence-electron chi connectivity index (χ4n) is 1.34. The molecule has 0 aromatic heterocycles. The van der Waals surface area contributed by atoms with Gasteiger partial charge in [-0.1, -0.05) is 24.3 Å². The molecule has 0 fully saturated rings. The van der Waals surface area contributed by atoms with Gasteiger partial charge in [0, 0.05) is 0 Å². The van der Waals surface area contributed by atoms with Gasteiger partial charge in [-0.2, -0.15) is 0 Å². The zero-order valence-corrected chi connectivity index (χ0v) is 17.6. The van der Waals surface area contributed by atoms with Crippen molar-refractivity contribution in [2.24, 2.45) is 0 Å². The Labute approximate surface area is 173 Å². The van der Waals surface area contributed by atoms with Gasteiger partial charge in [-0.15, -0.1) is 0 Å². The normalized spacial score (nSPS) is 10.9. The maximum absolute atomic E-state index is 10.3. The van der Waals surface area contributed by atoms with E-state index in [0.29, 0.717) is 0 Å². The van der Waals surface area contributed by atoms with Gasteiger partial charge < -0.3 is 19.3 Å². The molecule has 0 atom stereocenters. The van der Waals surface area contributed by atoms with Crippen molar-refractivity contribution in [1.29, 1.82) is 0 Å². The van der Waals surface area contributed by atoms with Crippen LogP contribution in [0.1, 0.15) is 0 Å². The smallest absolute Gasteiger partial charge is 0.744 e. The van der Waals surface area contributed by atoms with E-state index in [2.05, 4.69) is 0 Å². The zero-order chi connectivity index (χ0) is 17.0. The van der Waals surface area contributed by atoms with Crippen LogP contribution in [0.25, 0.3) is 0 Å². The molecule has 0 radical (unpaired) electrons. The predicted molar refractivity (Wildman–Crippen MR) is 77.9 cm³/mol. The second kappa shape index (κ2) is 9.06. The maximum Gasteiger partial charge on any atom is 2.00 e. The standard InChI is InChI=1S/2C6H6O4S.Ba/c2*7-5-3-1-2-4-6(5)11(8,9)10;/h2*1-4,7H,(H,8,9,10);/q;;+2/p-2. The molecule has 2 N–H and O–H groups in total. The van der Waals surface area contributed by atoms with E-state index in [1.54, 1.807) is 0 Å². The zero-order valence-electron chi connectivity index (χ0n) is 11.5. The summed E-state index contributed by atoms with van der Waals surface area (Å²) >= 11 is 0. The van der Waals surface area contributed by atoms with Gasteiger partial charge in [0.15, 0.2) is 0 Å². The van der Waals surface area contributed by atoms with Crippen molar-refractivity contribution in [1.82, 2.24) is 0 Å². The van der Waals surface area contributed by atoms with Crippen molar-refractivity contribution in [3.05, 3.63) is 48.5 Å². The molecule has 2 aromatic carbocycles. The number of hydrogen-bond donors (Lipinski definition) is 2. The molecule has 0 unspecified atom stereocenters. The molecule has 11 heteroatoms. The number of hydrogen-bond acceptors (Lipinski definition) is 8. The largest absolute Gasteiger partial charge is 2.00 e. The molecular formula is C12H10BaO8S2. The number of aromatic hydroxyl groups is 2. The van der Waals surface area contributed by atoms with Gasteiger partial charge in [-0.05, 0) is 24.3 Å². The van der Waals surface area contributed by atoms with E-state index in [4.69, 9.17) is 10.2 Å². The third-order valence-corrected chi connectivity index (χ3v) is 4.04. The molecule has 8 nitrogen and oxygen atoms in total. The number of phenols is 2. The summed E-state index contributed by atoms with van der Waals surface area (Å²) < 4.78 is 62.0. The van der Waals surface area contributed by atoms with Gasteiger partial charge in [0.25, 0.3) is 0 Å². The second-order valence-electron chi connectivity index (χ2n) is 3.84. The first kappa shape index (κ1) is 22.4. The van der Waals surface area contributed by atoms with Crippen LogP contribution in [0.5, 0.6) is 11.5 Å². The van der Waals surface area contributed by atoms with Crippen molar-refractivity contribution in [3.63, 3.8) is 0 Å². The van der Waals surface area contributed by atoms with Crippen LogP contribution in [0.4, 0.5) is 0 Å². The van der Waals surface area contributed by atoms with Gasteiger partial charge in [0.05, 0.1) is 9.79 Å². The Morgan fingerprint density at radius 3 is 1.09 bits per heavy atom. The first-order chi connectivity index (χ1) is 10.0. The quantitative estimate of drug-likeness (QED) is 0.454. The minimum atomic E-state index is -4.53. The minimum absolute atomic E-state index is 0. The van der Waals surface area contributed by atoms with Crippen molar-refractivity contribution in [3.8, 4) is 11.5 Å².